The summed E-state index contributed by atoms with van der Waals surface area (Å²) in [7, 11) is 0. The molecule has 0 amide bonds. The molecule has 10 heavy (non-hydrogen) atoms. The molecule has 0 radical (unpaired) electrons. The van der Waals surface area contributed by atoms with Crippen molar-refractivity contribution in [2.75, 3.05) is 0 Å². The highest BCUT2D eigenvalue weighted by Crippen LogP contribution is 2.59. The molecule has 1 rings (SSSR count). The van der Waals surface area contributed by atoms with E-state index in [0.29, 0.717) is 18.3 Å². The van der Waals surface area contributed by atoms with E-state index in [-0.39, 0.29) is 5.41 Å². The SMILES string of the molecule is CC1C(CC(=O)O)C1(C)C. The Hall–Kier alpha value is -0.530. The minimum Gasteiger partial charge on any atom is -0.481 e. The van der Waals surface area contributed by atoms with Gasteiger partial charge in [0.15, 0.2) is 0 Å². The van der Waals surface area contributed by atoms with Crippen molar-refractivity contribution in [3.8, 4) is 0 Å². The lowest BCUT2D eigenvalue weighted by molar-refractivity contribution is -0.137. The lowest BCUT2D eigenvalue weighted by atomic mass is 10.1. The van der Waals surface area contributed by atoms with Gasteiger partial charge in [-0.2, -0.15) is 0 Å². The lowest BCUT2D eigenvalue weighted by Gasteiger charge is -1.97. The predicted molar refractivity (Wildman–Crippen MR) is 38.7 cm³/mol. The van der Waals surface area contributed by atoms with Crippen molar-refractivity contribution in [2.24, 2.45) is 17.3 Å². The van der Waals surface area contributed by atoms with E-state index in [4.69, 9.17) is 5.11 Å². The van der Waals surface area contributed by atoms with Crippen LogP contribution in [0.25, 0.3) is 0 Å². The van der Waals surface area contributed by atoms with Crippen LogP contribution in [0.1, 0.15) is 27.2 Å². The van der Waals surface area contributed by atoms with Gasteiger partial charge in [-0.05, 0) is 17.3 Å². The largest absolute Gasteiger partial charge is 0.481 e. The fourth-order valence-corrected chi connectivity index (χ4v) is 1.65. The normalized spacial score (nSPS) is 35.5. The van der Waals surface area contributed by atoms with Gasteiger partial charge < -0.3 is 5.11 Å². The molecule has 0 heterocycles. The fraction of sp³-hybridized carbons (Fsp3) is 0.875. The minimum absolute atomic E-state index is 0.276. The van der Waals surface area contributed by atoms with Crippen LogP contribution in [0.5, 0.6) is 0 Å². The van der Waals surface area contributed by atoms with Gasteiger partial charge in [0.2, 0.25) is 0 Å². The Bertz CT molecular complexity index is 161. The summed E-state index contributed by atoms with van der Waals surface area (Å²) in [5.74, 6) is 0.330. The van der Waals surface area contributed by atoms with E-state index >= 15 is 0 Å². The van der Waals surface area contributed by atoms with Gasteiger partial charge >= 0.3 is 5.97 Å². The molecule has 0 aliphatic heterocycles. The van der Waals surface area contributed by atoms with E-state index in [0.717, 1.165) is 0 Å². The number of hydrogen-bond donors (Lipinski definition) is 1. The van der Waals surface area contributed by atoms with Crippen LogP contribution in [0.4, 0.5) is 0 Å². The summed E-state index contributed by atoms with van der Waals surface area (Å²) < 4.78 is 0. The molecule has 2 heteroatoms. The highest BCUT2D eigenvalue weighted by atomic mass is 16.4. The molecule has 1 aliphatic rings. The molecule has 0 aromatic heterocycles. The third-order valence-corrected chi connectivity index (χ3v) is 3.02. The minimum atomic E-state index is -0.664. The molecule has 0 aromatic carbocycles. The van der Waals surface area contributed by atoms with E-state index in [1.165, 1.54) is 0 Å². The third-order valence-electron chi connectivity index (χ3n) is 3.02. The quantitative estimate of drug-likeness (QED) is 0.637. The summed E-state index contributed by atoms with van der Waals surface area (Å²) >= 11 is 0. The second-order valence-corrected chi connectivity index (χ2v) is 3.81. The zero-order chi connectivity index (χ0) is 7.94. The average molecular weight is 142 g/mol. The summed E-state index contributed by atoms with van der Waals surface area (Å²) in [5, 5.41) is 8.47. The van der Waals surface area contributed by atoms with Crippen LogP contribution in [0, 0.1) is 17.3 Å². The first-order valence-electron chi connectivity index (χ1n) is 3.68. The van der Waals surface area contributed by atoms with E-state index in [2.05, 4.69) is 20.8 Å². The van der Waals surface area contributed by atoms with E-state index in [1.807, 2.05) is 0 Å². The summed E-state index contributed by atoms with van der Waals surface area (Å²) in [6.07, 6.45) is 0.341. The first-order chi connectivity index (χ1) is 4.46. The highest BCUT2D eigenvalue weighted by Gasteiger charge is 2.54. The number of carboxylic acid groups (broad SMARTS) is 1. The van der Waals surface area contributed by atoms with Crippen molar-refractivity contribution in [3.63, 3.8) is 0 Å². The van der Waals surface area contributed by atoms with E-state index in [1.54, 1.807) is 0 Å². The molecule has 0 saturated heterocycles. The maximum absolute atomic E-state index is 10.3. The molecule has 1 N–H and O–H groups in total. The molecule has 1 aliphatic carbocycles. The Morgan fingerprint density at radius 3 is 2.10 bits per heavy atom. The van der Waals surface area contributed by atoms with Gasteiger partial charge in [-0.3, -0.25) is 4.79 Å². The Labute approximate surface area is 61.2 Å². The van der Waals surface area contributed by atoms with Crippen molar-refractivity contribution in [3.05, 3.63) is 0 Å². The Morgan fingerprint density at radius 1 is 1.60 bits per heavy atom. The van der Waals surface area contributed by atoms with Crippen LogP contribution in [-0.2, 0) is 4.79 Å². The van der Waals surface area contributed by atoms with Crippen LogP contribution in [0.2, 0.25) is 0 Å². The molecule has 1 fully saturated rings. The predicted octanol–water partition coefficient (Wildman–Crippen LogP) is 1.75. The number of carboxylic acids is 1. The molecule has 2 unspecified atom stereocenters. The molecule has 1 saturated carbocycles. The number of hydrogen-bond acceptors (Lipinski definition) is 1. The van der Waals surface area contributed by atoms with Crippen molar-refractivity contribution in [1.82, 2.24) is 0 Å². The monoisotopic (exact) mass is 142 g/mol. The summed E-state index contributed by atoms with van der Waals surface area (Å²) in [4.78, 5) is 10.3. The molecule has 2 nitrogen and oxygen atoms in total. The van der Waals surface area contributed by atoms with Crippen molar-refractivity contribution in [2.45, 2.75) is 27.2 Å². The maximum Gasteiger partial charge on any atom is 0.303 e. The van der Waals surface area contributed by atoms with Gasteiger partial charge in [0.05, 0.1) is 0 Å². The lowest BCUT2D eigenvalue weighted by Crippen LogP contribution is -1.99. The first kappa shape index (κ1) is 7.58. The van der Waals surface area contributed by atoms with Crippen LogP contribution >= 0.6 is 0 Å². The second kappa shape index (κ2) is 1.97. The zero-order valence-corrected chi connectivity index (χ0v) is 6.72. The summed E-state index contributed by atoms with van der Waals surface area (Å²) in [6.45, 7) is 6.38. The first-order valence-corrected chi connectivity index (χ1v) is 3.68. The van der Waals surface area contributed by atoms with E-state index < -0.39 is 5.97 Å². The van der Waals surface area contributed by atoms with Gasteiger partial charge in [-0.1, -0.05) is 20.8 Å². The van der Waals surface area contributed by atoms with Gasteiger partial charge in [0.25, 0.3) is 0 Å². The smallest absolute Gasteiger partial charge is 0.303 e. The van der Waals surface area contributed by atoms with Gasteiger partial charge in [0.1, 0.15) is 0 Å². The van der Waals surface area contributed by atoms with Gasteiger partial charge in [-0.25, -0.2) is 0 Å². The molecular formula is C8H14O2. The average Bonchev–Trinajstić information content (AvgIpc) is 2.17. The maximum atomic E-state index is 10.3. The number of rotatable bonds is 2. The topological polar surface area (TPSA) is 37.3 Å². The molecule has 0 spiro atoms. The summed E-state index contributed by atoms with van der Waals surface area (Å²) in [6, 6.07) is 0. The molecular weight excluding hydrogens is 128 g/mol. The van der Waals surface area contributed by atoms with E-state index in [9.17, 15) is 4.79 Å². The summed E-state index contributed by atoms with van der Waals surface area (Å²) in [5.41, 5.74) is 0.276. The van der Waals surface area contributed by atoms with Crippen LogP contribution < -0.4 is 0 Å². The third kappa shape index (κ3) is 1.02. The van der Waals surface area contributed by atoms with Crippen molar-refractivity contribution in [1.29, 1.82) is 0 Å². The standard InChI is InChI=1S/C8H14O2/c1-5-6(4-7(9)10)8(5,2)3/h5-6H,4H2,1-3H3,(H,9,10). The van der Waals surface area contributed by atoms with Crippen molar-refractivity contribution < 1.29 is 9.90 Å². The molecule has 0 bridgehead atoms. The Kier molecular flexibility index (Phi) is 1.50. The van der Waals surface area contributed by atoms with Gasteiger partial charge in [-0.15, -0.1) is 0 Å². The van der Waals surface area contributed by atoms with Crippen LogP contribution in [0.15, 0.2) is 0 Å². The molecule has 58 valence electrons. The number of aliphatic carboxylic acids is 1. The highest BCUT2D eigenvalue weighted by molar-refractivity contribution is 5.67. The van der Waals surface area contributed by atoms with Crippen LogP contribution in [0.3, 0.4) is 0 Å². The second-order valence-electron chi connectivity index (χ2n) is 3.81. The fourth-order valence-electron chi connectivity index (χ4n) is 1.65. The molecule has 2 atom stereocenters. The number of carbonyl (C=O) groups is 1. The van der Waals surface area contributed by atoms with Crippen molar-refractivity contribution >= 4 is 5.97 Å². The Morgan fingerprint density at radius 2 is 2.00 bits per heavy atom. The Balaban J connectivity index is 2.42. The molecule has 0 aromatic rings. The van der Waals surface area contributed by atoms with Crippen LogP contribution in [-0.4, -0.2) is 11.1 Å². The zero-order valence-electron chi connectivity index (χ0n) is 6.72. The van der Waals surface area contributed by atoms with Gasteiger partial charge in [0, 0.05) is 6.42 Å².